The molecule has 0 atom stereocenters. The molecule has 2 aromatic rings. The molecule has 5 heteroatoms. The van der Waals surface area contributed by atoms with E-state index in [1.807, 2.05) is 26.0 Å². The summed E-state index contributed by atoms with van der Waals surface area (Å²) in [6.07, 6.45) is 6.76. The molecule has 0 bridgehead atoms. The highest BCUT2D eigenvalue weighted by atomic mass is 32.1. The molecule has 2 rings (SSSR count). The molecule has 0 saturated heterocycles. The lowest BCUT2D eigenvalue weighted by molar-refractivity contribution is -0.116. The molecule has 0 aromatic carbocycles. The van der Waals surface area contributed by atoms with E-state index in [0.29, 0.717) is 6.54 Å². The van der Waals surface area contributed by atoms with Crippen LogP contribution in [-0.4, -0.2) is 15.9 Å². The summed E-state index contributed by atoms with van der Waals surface area (Å²) in [5.41, 5.74) is 1.95. The third kappa shape index (κ3) is 3.48. The molecule has 2 heterocycles. The zero-order valence-electron chi connectivity index (χ0n) is 10.9. The first kappa shape index (κ1) is 13.4. The lowest BCUT2D eigenvalue weighted by Crippen LogP contribution is -2.19. The van der Waals surface area contributed by atoms with Crippen LogP contribution in [0, 0.1) is 6.92 Å². The van der Waals surface area contributed by atoms with Crippen LogP contribution in [0.15, 0.2) is 36.7 Å². The summed E-state index contributed by atoms with van der Waals surface area (Å²) in [4.78, 5) is 21.0. The number of aromatic nitrogens is 2. The van der Waals surface area contributed by atoms with E-state index >= 15 is 0 Å². The van der Waals surface area contributed by atoms with Gasteiger partial charge in [0.05, 0.1) is 12.2 Å². The van der Waals surface area contributed by atoms with E-state index in [2.05, 4.69) is 15.3 Å². The summed E-state index contributed by atoms with van der Waals surface area (Å²) in [6.45, 7) is 4.28. The average Bonchev–Trinajstić information content (AvgIpc) is 2.79. The van der Waals surface area contributed by atoms with Gasteiger partial charge in [0.2, 0.25) is 5.91 Å². The predicted octanol–water partition coefficient (Wildman–Crippen LogP) is 2.71. The van der Waals surface area contributed by atoms with Crippen molar-refractivity contribution in [2.75, 3.05) is 0 Å². The number of hydrogen-bond acceptors (Lipinski definition) is 4. The van der Waals surface area contributed by atoms with Crippen LogP contribution < -0.4 is 5.32 Å². The Morgan fingerprint density at radius 2 is 2.37 bits per heavy atom. The van der Waals surface area contributed by atoms with Gasteiger partial charge in [-0.3, -0.25) is 9.78 Å². The molecule has 19 heavy (non-hydrogen) atoms. The minimum absolute atomic E-state index is 0.0850. The lowest BCUT2D eigenvalue weighted by Gasteiger charge is -1.99. The van der Waals surface area contributed by atoms with Crippen molar-refractivity contribution >= 4 is 17.2 Å². The highest BCUT2D eigenvalue weighted by molar-refractivity contribution is 7.15. The number of nitrogens with zero attached hydrogens (tertiary/aromatic N) is 2. The molecule has 0 unspecified atom stereocenters. The van der Waals surface area contributed by atoms with Crippen molar-refractivity contribution in [1.29, 1.82) is 0 Å². The van der Waals surface area contributed by atoms with Gasteiger partial charge in [0, 0.05) is 22.8 Å². The molecule has 0 saturated carbocycles. The van der Waals surface area contributed by atoms with Gasteiger partial charge in [-0.1, -0.05) is 6.08 Å². The van der Waals surface area contributed by atoms with Crippen LogP contribution in [0.4, 0.5) is 0 Å². The van der Waals surface area contributed by atoms with Crippen LogP contribution in [0.1, 0.15) is 17.5 Å². The number of carbonyl (C=O) groups is 1. The molecule has 2 aromatic heterocycles. The largest absolute Gasteiger partial charge is 0.348 e. The molecule has 0 fully saturated rings. The fourth-order valence-electron chi connectivity index (χ4n) is 1.58. The Labute approximate surface area is 116 Å². The van der Waals surface area contributed by atoms with Crippen molar-refractivity contribution in [2.24, 2.45) is 0 Å². The number of hydrogen-bond donors (Lipinski definition) is 1. The number of nitrogens with one attached hydrogen (secondary N) is 1. The number of pyridine rings is 1. The van der Waals surface area contributed by atoms with Crippen LogP contribution in [0.25, 0.3) is 10.6 Å². The van der Waals surface area contributed by atoms with Gasteiger partial charge in [-0.15, -0.1) is 11.3 Å². The third-order valence-electron chi connectivity index (χ3n) is 2.54. The van der Waals surface area contributed by atoms with E-state index in [0.717, 1.165) is 21.1 Å². The molecule has 4 nitrogen and oxygen atoms in total. The number of rotatable bonds is 4. The van der Waals surface area contributed by atoms with Crippen molar-refractivity contribution in [3.63, 3.8) is 0 Å². The van der Waals surface area contributed by atoms with Crippen LogP contribution >= 0.6 is 11.3 Å². The molecule has 0 aliphatic heterocycles. The molecule has 0 aliphatic carbocycles. The van der Waals surface area contributed by atoms with Crippen molar-refractivity contribution in [1.82, 2.24) is 15.3 Å². The fraction of sp³-hybridized carbons (Fsp3) is 0.214. The first-order valence-electron chi connectivity index (χ1n) is 5.98. The van der Waals surface area contributed by atoms with Gasteiger partial charge in [0.15, 0.2) is 0 Å². The standard InChI is InChI=1S/C14H15N3OS/c1-3-5-13(18)16-9-12-10(2)17-14(19-12)11-6-4-7-15-8-11/h3-8H,9H2,1-2H3,(H,16,18)/b5-3+. The second kappa shape index (κ2) is 6.24. The van der Waals surface area contributed by atoms with E-state index in [-0.39, 0.29) is 5.91 Å². The Morgan fingerprint density at radius 1 is 1.53 bits per heavy atom. The molecule has 98 valence electrons. The number of thiazole rings is 1. The molecule has 1 amide bonds. The van der Waals surface area contributed by atoms with E-state index < -0.39 is 0 Å². The highest BCUT2D eigenvalue weighted by Gasteiger charge is 2.09. The van der Waals surface area contributed by atoms with Crippen molar-refractivity contribution in [3.8, 4) is 10.6 Å². The van der Waals surface area contributed by atoms with Gasteiger partial charge in [-0.05, 0) is 32.1 Å². The second-order valence-corrected chi connectivity index (χ2v) is 5.07. The summed E-state index contributed by atoms with van der Waals surface area (Å²) >= 11 is 1.58. The second-order valence-electron chi connectivity index (χ2n) is 3.99. The summed E-state index contributed by atoms with van der Waals surface area (Å²) < 4.78 is 0. The summed E-state index contributed by atoms with van der Waals surface area (Å²) in [5, 5.41) is 3.77. The SMILES string of the molecule is C/C=C/C(=O)NCc1sc(-c2cccnc2)nc1C. The van der Waals surface area contributed by atoms with Crippen molar-refractivity contribution < 1.29 is 4.79 Å². The number of carbonyl (C=O) groups excluding carboxylic acids is 1. The molecule has 1 N–H and O–H groups in total. The minimum Gasteiger partial charge on any atom is -0.348 e. The summed E-state index contributed by atoms with van der Waals surface area (Å²) in [5.74, 6) is -0.0850. The van der Waals surface area contributed by atoms with Gasteiger partial charge in [0.1, 0.15) is 5.01 Å². The quantitative estimate of drug-likeness (QED) is 0.871. The first-order chi connectivity index (χ1) is 9.20. The van der Waals surface area contributed by atoms with E-state index in [1.54, 1.807) is 29.8 Å². The van der Waals surface area contributed by atoms with Gasteiger partial charge < -0.3 is 5.32 Å². The molecular formula is C14H15N3OS. The van der Waals surface area contributed by atoms with Gasteiger partial charge in [-0.25, -0.2) is 4.98 Å². The molecule has 0 radical (unpaired) electrons. The maximum Gasteiger partial charge on any atom is 0.243 e. The number of allylic oxidation sites excluding steroid dienone is 1. The Balaban J connectivity index is 2.11. The summed E-state index contributed by atoms with van der Waals surface area (Å²) in [7, 11) is 0. The first-order valence-corrected chi connectivity index (χ1v) is 6.79. The molecule has 0 aliphatic rings. The maximum atomic E-state index is 11.4. The van der Waals surface area contributed by atoms with Gasteiger partial charge in [-0.2, -0.15) is 0 Å². The van der Waals surface area contributed by atoms with Crippen LogP contribution in [0.3, 0.4) is 0 Å². The van der Waals surface area contributed by atoms with Gasteiger partial charge >= 0.3 is 0 Å². The van der Waals surface area contributed by atoms with E-state index in [4.69, 9.17) is 0 Å². The van der Waals surface area contributed by atoms with Crippen molar-refractivity contribution in [3.05, 3.63) is 47.2 Å². The minimum atomic E-state index is -0.0850. The van der Waals surface area contributed by atoms with Crippen LogP contribution in [-0.2, 0) is 11.3 Å². The van der Waals surface area contributed by atoms with Crippen LogP contribution in [0.5, 0.6) is 0 Å². The Hall–Kier alpha value is -2.01. The highest BCUT2D eigenvalue weighted by Crippen LogP contribution is 2.27. The Kier molecular flexibility index (Phi) is 4.41. The molecule has 0 spiro atoms. The van der Waals surface area contributed by atoms with Crippen LogP contribution in [0.2, 0.25) is 0 Å². The van der Waals surface area contributed by atoms with Gasteiger partial charge in [0.25, 0.3) is 0 Å². The molecular weight excluding hydrogens is 258 g/mol. The number of aryl methyl sites for hydroxylation is 1. The zero-order valence-corrected chi connectivity index (χ0v) is 11.7. The third-order valence-corrected chi connectivity index (χ3v) is 3.75. The average molecular weight is 273 g/mol. The predicted molar refractivity (Wildman–Crippen MR) is 76.7 cm³/mol. The van der Waals surface area contributed by atoms with E-state index in [1.165, 1.54) is 6.08 Å². The normalized spacial score (nSPS) is 10.8. The van der Waals surface area contributed by atoms with E-state index in [9.17, 15) is 4.79 Å². The topological polar surface area (TPSA) is 54.9 Å². The van der Waals surface area contributed by atoms with Crippen molar-refractivity contribution in [2.45, 2.75) is 20.4 Å². The lowest BCUT2D eigenvalue weighted by atomic mass is 10.3. The summed E-state index contributed by atoms with van der Waals surface area (Å²) in [6, 6.07) is 3.87. The zero-order chi connectivity index (χ0) is 13.7. The number of amides is 1. The smallest absolute Gasteiger partial charge is 0.243 e. The maximum absolute atomic E-state index is 11.4. The Bertz CT molecular complexity index is 590. The fourth-order valence-corrected chi connectivity index (χ4v) is 2.57. The monoisotopic (exact) mass is 273 g/mol. The Morgan fingerprint density at radius 3 is 3.05 bits per heavy atom.